The molecule has 1 aliphatic heterocycles. The van der Waals surface area contributed by atoms with E-state index in [2.05, 4.69) is 15.7 Å². The van der Waals surface area contributed by atoms with Gasteiger partial charge in [-0.2, -0.15) is 18.3 Å². The fraction of sp³-hybridized carbons (Fsp3) is 0.412. The SMILES string of the molecule is O=C1CC[C@@H](NCc2cnn(CC(F)(F)F)c2)[C@H](c2ccccc2)N1. The summed E-state index contributed by atoms with van der Waals surface area (Å²) >= 11 is 0. The zero-order valence-electron chi connectivity index (χ0n) is 13.5. The average Bonchev–Trinajstić information content (AvgIpc) is 3.00. The zero-order chi connectivity index (χ0) is 17.9. The minimum atomic E-state index is -4.29. The van der Waals surface area contributed by atoms with Crippen molar-refractivity contribution in [2.45, 2.75) is 44.2 Å². The van der Waals surface area contributed by atoms with Gasteiger partial charge in [0, 0.05) is 30.8 Å². The molecule has 1 fully saturated rings. The van der Waals surface area contributed by atoms with E-state index in [-0.39, 0.29) is 18.0 Å². The number of hydrogen-bond acceptors (Lipinski definition) is 3. The maximum absolute atomic E-state index is 12.4. The molecule has 134 valence electrons. The molecule has 2 N–H and O–H groups in total. The van der Waals surface area contributed by atoms with Gasteiger partial charge in [0.05, 0.1) is 12.2 Å². The fourth-order valence-corrected chi connectivity index (χ4v) is 3.01. The normalized spacial score (nSPS) is 21.2. The summed E-state index contributed by atoms with van der Waals surface area (Å²) in [7, 11) is 0. The van der Waals surface area contributed by atoms with Crippen molar-refractivity contribution < 1.29 is 18.0 Å². The van der Waals surface area contributed by atoms with E-state index in [0.717, 1.165) is 10.2 Å². The molecule has 1 aromatic carbocycles. The Kier molecular flexibility index (Phi) is 5.08. The lowest BCUT2D eigenvalue weighted by Gasteiger charge is -2.33. The Labute approximate surface area is 143 Å². The third-order valence-electron chi connectivity index (χ3n) is 4.16. The Balaban J connectivity index is 1.64. The van der Waals surface area contributed by atoms with Crippen molar-refractivity contribution in [2.75, 3.05) is 0 Å². The van der Waals surface area contributed by atoms with E-state index in [1.807, 2.05) is 30.3 Å². The Morgan fingerprint density at radius 1 is 1.28 bits per heavy atom. The van der Waals surface area contributed by atoms with Gasteiger partial charge in [0.2, 0.25) is 5.91 Å². The van der Waals surface area contributed by atoms with Gasteiger partial charge in [-0.25, -0.2) is 0 Å². The topological polar surface area (TPSA) is 59.0 Å². The van der Waals surface area contributed by atoms with Crippen LogP contribution in [0.3, 0.4) is 0 Å². The first kappa shape index (κ1) is 17.5. The molecule has 0 unspecified atom stereocenters. The number of rotatable bonds is 5. The van der Waals surface area contributed by atoms with Crippen LogP contribution in [-0.4, -0.2) is 27.9 Å². The molecule has 0 saturated carbocycles. The van der Waals surface area contributed by atoms with E-state index in [1.165, 1.54) is 12.4 Å². The van der Waals surface area contributed by atoms with E-state index >= 15 is 0 Å². The zero-order valence-corrected chi connectivity index (χ0v) is 13.5. The summed E-state index contributed by atoms with van der Waals surface area (Å²) in [6.45, 7) is -0.707. The Hall–Kier alpha value is -2.35. The number of alkyl halides is 3. The van der Waals surface area contributed by atoms with Crippen LogP contribution in [0, 0.1) is 0 Å². The minimum Gasteiger partial charge on any atom is -0.348 e. The summed E-state index contributed by atoms with van der Waals surface area (Å²) in [6, 6.07) is 9.48. The van der Waals surface area contributed by atoms with Crippen LogP contribution in [0.4, 0.5) is 13.2 Å². The van der Waals surface area contributed by atoms with Crippen molar-refractivity contribution >= 4 is 5.91 Å². The predicted molar refractivity (Wildman–Crippen MR) is 85.5 cm³/mol. The smallest absolute Gasteiger partial charge is 0.348 e. The van der Waals surface area contributed by atoms with Crippen LogP contribution in [0.1, 0.15) is 30.0 Å². The van der Waals surface area contributed by atoms with Crippen LogP contribution in [0.15, 0.2) is 42.7 Å². The second-order valence-corrected chi connectivity index (χ2v) is 6.14. The van der Waals surface area contributed by atoms with Crippen LogP contribution < -0.4 is 10.6 Å². The van der Waals surface area contributed by atoms with Crippen molar-refractivity contribution in [2.24, 2.45) is 0 Å². The molecule has 0 bridgehead atoms. The molecule has 0 spiro atoms. The molecule has 1 saturated heterocycles. The van der Waals surface area contributed by atoms with Crippen LogP contribution in [0.5, 0.6) is 0 Å². The van der Waals surface area contributed by atoms with Gasteiger partial charge in [0.15, 0.2) is 0 Å². The first-order chi connectivity index (χ1) is 11.9. The molecule has 3 rings (SSSR count). The molecule has 5 nitrogen and oxygen atoms in total. The van der Waals surface area contributed by atoms with E-state index in [0.29, 0.717) is 24.9 Å². The van der Waals surface area contributed by atoms with Gasteiger partial charge in [-0.05, 0) is 12.0 Å². The van der Waals surface area contributed by atoms with Crippen molar-refractivity contribution in [3.63, 3.8) is 0 Å². The van der Waals surface area contributed by atoms with Crippen LogP contribution in [-0.2, 0) is 17.9 Å². The average molecular weight is 352 g/mol. The van der Waals surface area contributed by atoms with Crippen LogP contribution >= 0.6 is 0 Å². The number of amides is 1. The van der Waals surface area contributed by atoms with Gasteiger partial charge >= 0.3 is 6.18 Å². The minimum absolute atomic E-state index is 0.00454. The first-order valence-electron chi connectivity index (χ1n) is 8.06. The molecule has 2 atom stereocenters. The third-order valence-corrected chi connectivity index (χ3v) is 4.16. The molecule has 0 aliphatic carbocycles. The molecule has 2 aromatic rings. The number of nitrogens with one attached hydrogen (secondary N) is 2. The molecule has 25 heavy (non-hydrogen) atoms. The standard InChI is InChI=1S/C17H19F3N4O/c18-17(19,20)11-24-10-12(9-22-24)8-21-14-6-7-15(25)23-16(14)13-4-2-1-3-5-13/h1-5,9-10,14,16,21H,6-8,11H2,(H,23,25)/t14-,16+/m1/s1. The molecule has 1 aromatic heterocycles. The number of hydrogen-bond donors (Lipinski definition) is 2. The summed E-state index contributed by atoms with van der Waals surface area (Å²) in [6.07, 6.45) is -0.379. The number of carbonyl (C=O) groups is 1. The largest absolute Gasteiger partial charge is 0.408 e. The maximum atomic E-state index is 12.4. The van der Waals surface area contributed by atoms with Crippen molar-refractivity contribution in [3.8, 4) is 0 Å². The molecule has 2 heterocycles. The van der Waals surface area contributed by atoms with Gasteiger partial charge < -0.3 is 10.6 Å². The summed E-state index contributed by atoms with van der Waals surface area (Å²) < 4.78 is 38.0. The van der Waals surface area contributed by atoms with E-state index in [4.69, 9.17) is 0 Å². The van der Waals surface area contributed by atoms with Crippen molar-refractivity contribution in [3.05, 3.63) is 53.9 Å². The third kappa shape index (κ3) is 4.82. The molecular weight excluding hydrogens is 333 g/mol. The highest BCUT2D eigenvalue weighted by Gasteiger charge is 2.30. The Morgan fingerprint density at radius 2 is 2.04 bits per heavy atom. The second kappa shape index (κ2) is 7.26. The van der Waals surface area contributed by atoms with Gasteiger partial charge in [-0.1, -0.05) is 30.3 Å². The summed E-state index contributed by atoms with van der Waals surface area (Å²) in [5, 5.41) is 10.1. The number of benzene rings is 1. The first-order valence-corrected chi connectivity index (χ1v) is 8.06. The van der Waals surface area contributed by atoms with Crippen LogP contribution in [0.2, 0.25) is 0 Å². The summed E-state index contributed by atoms with van der Waals surface area (Å²) in [4.78, 5) is 11.7. The highest BCUT2D eigenvalue weighted by atomic mass is 19.4. The monoisotopic (exact) mass is 352 g/mol. The highest BCUT2D eigenvalue weighted by Crippen LogP contribution is 2.24. The lowest BCUT2D eigenvalue weighted by atomic mass is 9.92. The van der Waals surface area contributed by atoms with Gasteiger partial charge in [-0.3, -0.25) is 9.48 Å². The number of halogens is 3. The predicted octanol–water partition coefficient (Wildman–Crippen LogP) is 2.55. The van der Waals surface area contributed by atoms with Crippen molar-refractivity contribution in [1.29, 1.82) is 0 Å². The summed E-state index contributed by atoms with van der Waals surface area (Å²) in [5.41, 5.74) is 1.67. The highest BCUT2D eigenvalue weighted by molar-refractivity contribution is 5.77. The maximum Gasteiger partial charge on any atom is 0.408 e. The summed E-state index contributed by atoms with van der Waals surface area (Å²) in [5.74, 6) is 0.00454. The van der Waals surface area contributed by atoms with Gasteiger partial charge in [0.1, 0.15) is 6.54 Å². The van der Waals surface area contributed by atoms with E-state index in [1.54, 1.807) is 0 Å². The van der Waals surface area contributed by atoms with Crippen molar-refractivity contribution in [1.82, 2.24) is 20.4 Å². The lowest BCUT2D eigenvalue weighted by Crippen LogP contribution is -2.48. The molecule has 8 heteroatoms. The second-order valence-electron chi connectivity index (χ2n) is 6.14. The van der Waals surface area contributed by atoms with E-state index < -0.39 is 12.7 Å². The fourth-order valence-electron chi connectivity index (χ4n) is 3.01. The van der Waals surface area contributed by atoms with E-state index in [9.17, 15) is 18.0 Å². The molecule has 0 radical (unpaired) electrons. The van der Waals surface area contributed by atoms with Gasteiger partial charge in [0.25, 0.3) is 0 Å². The Bertz CT molecular complexity index is 714. The molecule has 1 aliphatic rings. The number of nitrogens with zero attached hydrogens (tertiary/aromatic N) is 2. The number of aromatic nitrogens is 2. The van der Waals surface area contributed by atoms with Gasteiger partial charge in [-0.15, -0.1) is 0 Å². The quantitative estimate of drug-likeness (QED) is 0.870. The number of carbonyl (C=O) groups excluding carboxylic acids is 1. The Morgan fingerprint density at radius 3 is 2.76 bits per heavy atom. The lowest BCUT2D eigenvalue weighted by molar-refractivity contribution is -0.142. The molecule has 1 amide bonds. The van der Waals surface area contributed by atoms with Crippen LogP contribution in [0.25, 0.3) is 0 Å². The molecular formula is C17H19F3N4O. The number of piperidine rings is 1.